The number of methoxy groups -OCH3 is 1. The van der Waals surface area contributed by atoms with Crippen LogP contribution in [0.4, 0.5) is 0 Å². The maximum Gasteiger partial charge on any atom is 0.0698 e. The normalized spacial score (nSPS) is 21.6. The Labute approximate surface area is 103 Å². The van der Waals surface area contributed by atoms with Gasteiger partial charge in [0.05, 0.1) is 17.5 Å². The fourth-order valence-corrected chi connectivity index (χ4v) is 2.31. The summed E-state index contributed by atoms with van der Waals surface area (Å²) in [6.45, 7) is 3.54. The number of hydrogen-bond donors (Lipinski definition) is 1. The van der Waals surface area contributed by atoms with Crippen molar-refractivity contribution < 1.29 is 4.74 Å². The molecule has 0 radical (unpaired) electrons. The summed E-state index contributed by atoms with van der Waals surface area (Å²) in [6, 6.07) is 6.06. The molecule has 0 saturated carbocycles. The zero-order chi connectivity index (χ0) is 12.1. The summed E-state index contributed by atoms with van der Waals surface area (Å²) in [4.78, 5) is 6.93. The Morgan fingerprint density at radius 3 is 3.06 bits per heavy atom. The molecule has 4 heteroatoms. The van der Waals surface area contributed by atoms with Crippen molar-refractivity contribution in [2.45, 2.75) is 32.0 Å². The lowest BCUT2D eigenvalue weighted by Gasteiger charge is -2.31. The molecule has 0 aromatic carbocycles. The smallest absolute Gasteiger partial charge is 0.0698 e. The van der Waals surface area contributed by atoms with Gasteiger partial charge in [0.2, 0.25) is 0 Å². The molecule has 2 N–H and O–H groups in total. The molecule has 1 aromatic rings. The van der Waals surface area contributed by atoms with Crippen molar-refractivity contribution in [3.8, 4) is 0 Å². The Morgan fingerprint density at radius 1 is 1.47 bits per heavy atom. The first-order valence-electron chi connectivity index (χ1n) is 6.22. The van der Waals surface area contributed by atoms with Gasteiger partial charge in [-0.25, -0.2) is 0 Å². The molecule has 17 heavy (non-hydrogen) atoms. The van der Waals surface area contributed by atoms with Crippen molar-refractivity contribution in [3.63, 3.8) is 0 Å². The monoisotopic (exact) mass is 235 g/mol. The van der Waals surface area contributed by atoms with Gasteiger partial charge in [-0.3, -0.25) is 9.88 Å². The maximum absolute atomic E-state index is 5.60. The Balaban J connectivity index is 1.95. The van der Waals surface area contributed by atoms with Gasteiger partial charge in [-0.2, -0.15) is 0 Å². The standard InChI is InChI=1S/C13H21N3O/c1-17-13-6-3-7-16(10-13)9-12-5-2-4-11(8-14)15-12/h2,4-5,13H,3,6-10,14H2,1H3. The maximum atomic E-state index is 5.60. The van der Waals surface area contributed by atoms with E-state index in [0.717, 1.165) is 31.0 Å². The third-order valence-corrected chi connectivity index (χ3v) is 3.25. The quantitative estimate of drug-likeness (QED) is 0.850. The molecule has 0 spiro atoms. The third kappa shape index (κ3) is 3.49. The minimum atomic E-state index is 0.376. The highest BCUT2D eigenvalue weighted by Crippen LogP contribution is 2.14. The Bertz CT molecular complexity index is 356. The molecule has 2 rings (SSSR count). The summed E-state index contributed by atoms with van der Waals surface area (Å²) in [7, 11) is 1.79. The Hall–Kier alpha value is -0.970. The van der Waals surface area contributed by atoms with Gasteiger partial charge in [0, 0.05) is 26.7 Å². The second-order valence-electron chi connectivity index (χ2n) is 4.56. The number of nitrogens with two attached hydrogens (primary N) is 1. The van der Waals surface area contributed by atoms with Gasteiger partial charge < -0.3 is 10.5 Å². The largest absolute Gasteiger partial charge is 0.380 e. The van der Waals surface area contributed by atoms with Crippen LogP contribution < -0.4 is 5.73 Å². The van der Waals surface area contributed by atoms with Crippen LogP contribution >= 0.6 is 0 Å². The van der Waals surface area contributed by atoms with E-state index >= 15 is 0 Å². The minimum absolute atomic E-state index is 0.376. The van der Waals surface area contributed by atoms with Crippen LogP contribution in [0.3, 0.4) is 0 Å². The molecule has 2 heterocycles. The zero-order valence-electron chi connectivity index (χ0n) is 10.4. The molecule has 1 aliphatic heterocycles. The minimum Gasteiger partial charge on any atom is -0.380 e. The van der Waals surface area contributed by atoms with E-state index in [9.17, 15) is 0 Å². The first-order chi connectivity index (χ1) is 8.31. The molecule has 1 atom stereocenters. The van der Waals surface area contributed by atoms with Crippen LogP contribution in [-0.2, 0) is 17.8 Å². The number of likely N-dealkylation sites (tertiary alicyclic amines) is 1. The predicted molar refractivity (Wildman–Crippen MR) is 67.4 cm³/mol. The Morgan fingerprint density at radius 2 is 2.29 bits per heavy atom. The number of hydrogen-bond acceptors (Lipinski definition) is 4. The van der Waals surface area contributed by atoms with E-state index in [1.165, 1.54) is 12.8 Å². The van der Waals surface area contributed by atoms with E-state index in [1.807, 2.05) is 12.1 Å². The van der Waals surface area contributed by atoms with Gasteiger partial charge >= 0.3 is 0 Å². The predicted octanol–water partition coefficient (Wildman–Crippen LogP) is 1.15. The number of nitrogens with zero attached hydrogens (tertiary/aromatic N) is 2. The van der Waals surface area contributed by atoms with Crippen molar-refractivity contribution in [1.82, 2.24) is 9.88 Å². The van der Waals surface area contributed by atoms with Crippen molar-refractivity contribution in [2.75, 3.05) is 20.2 Å². The summed E-state index contributed by atoms with van der Waals surface area (Å²) in [5, 5.41) is 0. The molecule has 1 aromatic heterocycles. The summed E-state index contributed by atoms with van der Waals surface area (Å²) in [5.41, 5.74) is 7.66. The lowest BCUT2D eigenvalue weighted by Crippen LogP contribution is -2.38. The highest BCUT2D eigenvalue weighted by molar-refractivity contribution is 5.11. The van der Waals surface area contributed by atoms with Crippen molar-refractivity contribution in [3.05, 3.63) is 29.6 Å². The van der Waals surface area contributed by atoms with E-state index in [2.05, 4.69) is 16.0 Å². The van der Waals surface area contributed by atoms with Gasteiger partial charge in [0.15, 0.2) is 0 Å². The fraction of sp³-hybridized carbons (Fsp3) is 0.615. The fourth-order valence-electron chi connectivity index (χ4n) is 2.31. The number of aromatic nitrogens is 1. The molecular weight excluding hydrogens is 214 g/mol. The van der Waals surface area contributed by atoms with Crippen LogP contribution in [0.5, 0.6) is 0 Å². The molecule has 94 valence electrons. The van der Waals surface area contributed by atoms with Crippen molar-refractivity contribution in [1.29, 1.82) is 0 Å². The van der Waals surface area contributed by atoms with Gasteiger partial charge in [0.25, 0.3) is 0 Å². The van der Waals surface area contributed by atoms with Gasteiger partial charge in [-0.05, 0) is 31.5 Å². The number of piperidine rings is 1. The third-order valence-electron chi connectivity index (χ3n) is 3.25. The second kappa shape index (κ2) is 6.10. The first kappa shape index (κ1) is 12.5. The molecule has 0 amide bonds. The summed E-state index contributed by atoms with van der Waals surface area (Å²) in [5.74, 6) is 0. The average Bonchev–Trinajstić information content (AvgIpc) is 2.39. The zero-order valence-corrected chi connectivity index (χ0v) is 10.4. The molecule has 1 fully saturated rings. The average molecular weight is 235 g/mol. The van der Waals surface area contributed by atoms with Crippen LogP contribution in [0.15, 0.2) is 18.2 Å². The van der Waals surface area contributed by atoms with Crippen LogP contribution in [-0.4, -0.2) is 36.2 Å². The number of ether oxygens (including phenoxy) is 1. The highest BCUT2D eigenvalue weighted by atomic mass is 16.5. The molecule has 0 bridgehead atoms. The van der Waals surface area contributed by atoms with E-state index < -0.39 is 0 Å². The van der Waals surface area contributed by atoms with Gasteiger partial charge in [-0.15, -0.1) is 0 Å². The molecule has 0 aliphatic carbocycles. The topological polar surface area (TPSA) is 51.4 Å². The summed E-state index contributed by atoms with van der Waals surface area (Å²) < 4.78 is 5.42. The van der Waals surface area contributed by atoms with Crippen LogP contribution in [0.2, 0.25) is 0 Å². The number of rotatable bonds is 4. The van der Waals surface area contributed by atoms with Crippen LogP contribution in [0, 0.1) is 0 Å². The van der Waals surface area contributed by atoms with Crippen LogP contribution in [0.1, 0.15) is 24.2 Å². The van der Waals surface area contributed by atoms with Gasteiger partial charge in [0.1, 0.15) is 0 Å². The molecule has 1 saturated heterocycles. The lowest BCUT2D eigenvalue weighted by molar-refractivity contribution is 0.0281. The van der Waals surface area contributed by atoms with Gasteiger partial charge in [-0.1, -0.05) is 6.07 Å². The van der Waals surface area contributed by atoms with E-state index in [-0.39, 0.29) is 0 Å². The first-order valence-corrected chi connectivity index (χ1v) is 6.22. The van der Waals surface area contributed by atoms with Crippen molar-refractivity contribution >= 4 is 0 Å². The van der Waals surface area contributed by atoms with E-state index in [4.69, 9.17) is 10.5 Å². The molecule has 1 aliphatic rings. The molecule has 4 nitrogen and oxygen atoms in total. The lowest BCUT2D eigenvalue weighted by atomic mass is 10.1. The van der Waals surface area contributed by atoms with E-state index in [1.54, 1.807) is 7.11 Å². The summed E-state index contributed by atoms with van der Waals surface area (Å²) >= 11 is 0. The summed E-state index contributed by atoms with van der Waals surface area (Å²) in [6.07, 6.45) is 2.75. The van der Waals surface area contributed by atoms with Crippen LogP contribution in [0.25, 0.3) is 0 Å². The Kier molecular flexibility index (Phi) is 4.48. The second-order valence-corrected chi connectivity index (χ2v) is 4.56. The van der Waals surface area contributed by atoms with E-state index in [0.29, 0.717) is 12.6 Å². The molecular formula is C13H21N3O. The highest BCUT2D eigenvalue weighted by Gasteiger charge is 2.19. The molecule has 1 unspecified atom stereocenters. The van der Waals surface area contributed by atoms with Crippen molar-refractivity contribution in [2.24, 2.45) is 5.73 Å². The number of pyridine rings is 1. The SMILES string of the molecule is COC1CCCN(Cc2cccc(CN)n2)C1.